The van der Waals surface area contributed by atoms with Crippen LogP contribution in [0.25, 0.3) is 10.8 Å². The van der Waals surface area contributed by atoms with E-state index >= 15 is 0 Å². The number of rotatable bonds is 4. The zero-order valence-corrected chi connectivity index (χ0v) is 15.0. The number of thiophene rings is 1. The topological polar surface area (TPSA) is 69.2 Å². The summed E-state index contributed by atoms with van der Waals surface area (Å²) >= 11 is 1.38. The second kappa shape index (κ2) is 6.92. The Kier molecular flexibility index (Phi) is 4.47. The van der Waals surface area contributed by atoms with Gasteiger partial charge in [0.1, 0.15) is 5.00 Å². The third-order valence-corrected chi connectivity index (χ3v) is 6.07. The molecule has 1 N–H and O–H groups in total. The normalized spacial score (nSPS) is 13.4. The van der Waals surface area contributed by atoms with Crippen LogP contribution >= 0.6 is 11.3 Å². The average Bonchev–Trinajstić information content (AvgIpc) is 2.99. The number of anilines is 1. The van der Waals surface area contributed by atoms with Crippen LogP contribution in [-0.2, 0) is 24.1 Å². The number of carbonyl (C=O) groups excluding carboxylic acids is 2. The Bertz CT molecular complexity index is 1000. The van der Waals surface area contributed by atoms with Crippen molar-refractivity contribution in [3.8, 4) is 0 Å². The number of amides is 1. The standard InChI is InChI=1S/C21H19NO3S/c23-18(12-14-8-5-7-13-6-1-2-9-15(13)14)22-20-19(21(24)25)16-10-3-4-11-17(16)26-20/h1-2,5-9H,3-4,10-12H2,(H,22,23)(H,24,25)/p-1. The SMILES string of the molecule is O=C(Cc1cccc2ccccc12)Nc1sc2c(c1C(=O)[O-])CCCC2. The summed E-state index contributed by atoms with van der Waals surface area (Å²) in [6.07, 6.45) is 3.86. The van der Waals surface area contributed by atoms with Crippen molar-refractivity contribution in [1.82, 2.24) is 0 Å². The van der Waals surface area contributed by atoms with Gasteiger partial charge in [-0.3, -0.25) is 4.79 Å². The van der Waals surface area contributed by atoms with E-state index in [0.717, 1.165) is 52.5 Å². The minimum absolute atomic E-state index is 0.177. The van der Waals surface area contributed by atoms with Crippen LogP contribution in [0.4, 0.5) is 5.00 Å². The van der Waals surface area contributed by atoms with Gasteiger partial charge in [-0.25, -0.2) is 0 Å². The van der Waals surface area contributed by atoms with Crippen LogP contribution in [0.5, 0.6) is 0 Å². The molecule has 4 nitrogen and oxygen atoms in total. The molecule has 0 spiro atoms. The molecule has 0 atom stereocenters. The number of aromatic carboxylic acids is 1. The lowest BCUT2D eigenvalue weighted by molar-refractivity contribution is -0.254. The fourth-order valence-corrected chi connectivity index (χ4v) is 4.95. The van der Waals surface area contributed by atoms with Crippen LogP contribution in [0, 0.1) is 0 Å². The highest BCUT2D eigenvalue weighted by molar-refractivity contribution is 7.17. The zero-order chi connectivity index (χ0) is 18.1. The van der Waals surface area contributed by atoms with Gasteiger partial charge in [-0.05, 0) is 47.6 Å². The van der Waals surface area contributed by atoms with Crippen LogP contribution in [0.1, 0.15) is 39.2 Å². The average molecular weight is 364 g/mol. The Hall–Kier alpha value is -2.66. The predicted molar refractivity (Wildman–Crippen MR) is 102 cm³/mol. The highest BCUT2D eigenvalue weighted by atomic mass is 32.1. The maximum absolute atomic E-state index is 12.6. The molecule has 2 aromatic carbocycles. The van der Waals surface area contributed by atoms with Crippen LogP contribution in [0.2, 0.25) is 0 Å². The van der Waals surface area contributed by atoms with E-state index in [1.54, 1.807) is 0 Å². The van der Waals surface area contributed by atoms with Gasteiger partial charge in [-0.1, -0.05) is 42.5 Å². The van der Waals surface area contributed by atoms with Gasteiger partial charge in [0.05, 0.1) is 12.4 Å². The minimum Gasteiger partial charge on any atom is -0.545 e. The first kappa shape index (κ1) is 16.8. The number of benzene rings is 2. The van der Waals surface area contributed by atoms with E-state index in [2.05, 4.69) is 5.32 Å². The number of hydrogen-bond donors (Lipinski definition) is 1. The molecule has 0 aliphatic heterocycles. The molecule has 0 saturated carbocycles. The summed E-state index contributed by atoms with van der Waals surface area (Å²) in [5.74, 6) is -1.41. The summed E-state index contributed by atoms with van der Waals surface area (Å²) in [5, 5.41) is 17.0. The molecule has 4 rings (SSSR count). The summed E-state index contributed by atoms with van der Waals surface area (Å²) in [7, 11) is 0. The van der Waals surface area contributed by atoms with Crippen molar-refractivity contribution >= 4 is 39.0 Å². The first-order valence-corrected chi connectivity index (χ1v) is 9.57. The highest BCUT2D eigenvalue weighted by Crippen LogP contribution is 2.37. The van der Waals surface area contributed by atoms with Crippen molar-refractivity contribution in [2.75, 3.05) is 5.32 Å². The smallest absolute Gasteiger partial charge is 0.229 e. The lowest BCUT2D eigenvalue weighted by Crippen LogP contribution is -2.25. The maximum atomic E-state index is 12.6. The summed E-state index contributed by atoms with van der Waals surface area (Å²) in [6, 6.07) is 13.8. The molecule has 0 fully saturated rings. The molecular formula is C21H18NO3S-. The van der Waals surface area contributed by atoms with Gasteiger partial charge in [0.25, 0.3) is 0 Å². The van der Waals surface area contributed by atoms with Gasteiger partial charge in [0, 0.05) is 10.4 Å². The maximum Gasteiger partial charge on any atom is 0.229 e. The Morgan fingerprint density at radius 3 is 2.65 bits per heavy atom. The number of aryl methyl sites for hydroxylation is 1. The van der Waals surface area contributed by atoms with Gasteiger partial charge >= 0.3 is 0 Å². The largest absolute Gasteiger partial charge is 0.545 e. The molecule has 0 bridgehead atoms. The number of nitrogens with one attached hydrogen (secondary N) is 1. The molecule has 132 valence electrons. The monoisotopic (exact) mass is 364 g/mol. The Morgan fingerprint density at radius 2 is 1.81 bits per heavy atom. The van der Waals surface area contributed by atoms with E-state index in [1.165, 1.54) is 11.3 Å². The molecule has 1 aromatic heterocycles. The van der Waals surface area contributed by atoms with E-state index in [0.29, 0.717) is 5.00 Å². The Labute approximate surface area is 155 Å². The Balaban J connectivity index is 1.61. The summed E-state index contributed by atoms with van der Waals surface area (Å²) in [4.78, 5) is 25.3. The van der Waals surface area contributed by atoms with Gasteiger partial charge in [-0.15, -0.1) is 11.3 Å². The molecule has 5 heteroatoms. The second-order valence-corrected chi connectivity index (χ2v) is 7.67. The molecule has 0 radical (unpaired) electrons. The van der Waals surface area contributed by atoms with Crippen molar-refractivity contribution < 1.29 is 14.7 Å². The van der Waals surface area contributed by atoms with Crippen LogP contribution < -0.4 is 10.4 Å². The fraction of sp³-hybridized carbons (Fsp3) is 0.238. The van der Waals surface area contributed by atoms with Crippen LogP contribution in [0.15, 0.2) is 42.5 Å². The van der Waals surface area contributed by atoms with Crippen molar-refractivity contribution in [2.24, 2.45) is 0 Å². The van der Waals surface area contributed by atoms with E-state index < -0.39 is 5.97 Å². The van der Waals surface area contributed by atoms with Crippen LogP contribution in [-0.4, -0.2) is 11.9 Å². The van der Waals surface area contributed by atoms with Crippen molar-refractivity contribution in [3.05, 3.63) is 64.0 Å². The van der Waals surface area contributed by atoms with E-state index in [9.17, 15) is 14.7 Å². The van der Waals surface area contributed by atoms with Crippen molar-refractivity contribution in [2.45, 2.75) is 32.1 Å². The number of hydrogen-bond acceptors (Lipinski definition) is 4. The summed E-state index contributed by atoms with van der Waals surface area (Å²) < 4.78 is 0. The van der Waals surface area contributed by atoms with Crippen LogP contribution in [0.3, 0.4) is 0 Å². The second-order valence-electron chi connectivity index (χ2n) is 6.57. The molecule has 1 aliphatic carbocycles. The lowest BCUT2D eigenvalue weighted by atomic mass is 9.95. The fourth-order valence-electron chi connectivity index (χ4n) is 3.66. The molecule has 1 heterocycles. The lowest BCUT2D eigenvalue weighted by Gasteiger charge is -2.13. The van der Waals surface area contributed by atoms with Gasteiger partial charge in [-0.2, -0.15) is 0 Å². The quantitative estimate of drug-likeness (QED) is 0.772. The van der Waals surface area contributed by atoms with Crippen molar-refractivity contribution in [3.63, 3.8) is 0 Å². The van der Waals surface area contributed by atoms with E-state index in [4.69, 9.17) is 0 Å². The number of fused-ring (bicyclic) bond motifs is 2. The number of carboxylic acid groups (broad SMARTS) is 1. The summed E-state index contributed by atoms with van der Waals surface area (Å²) in [6.45, 7) is 0. The molecule has 0 unspecified atom stereocenters. The molecule has 3 aromatic rings. The third-order valence-electron chi connectivity index (χ3n) is 4.86. The first-order chi connectivity index (χ1) is 12.6. The van der Waals surface area contributed by atoms with Gasteiger partial charge in [0.15, 0.2) is 0 Å². The third kappa shape index (κ3) is 3.10. The molecule has 1 amide bonds. The first-order valence-electron chi connectivity index (χ1n) is 8.76. The Morgan fingerprint density at radius 1 is 1.04 bits per heavy atom. The van der Waals surface area contributed by atoms with Gasteiger partial charge < -0.3 is 15.2 Å². The molecule has 26 heavy (non-hydrogen) atoms. The summed E-state index contributed by atoms with van der Waals surface area (Å²) in [5.41, 5.74) is 1.95. The molecule has 0 saturated heterocycles. The molecular weight excluding hydrogens is 346 g/mol. The van der Waals surface area contributed by atoms with Gasteiger partial charge in [0.2, 0.25) is 5.91 Å². The van der Waals surface area contributed by atoms with E-state index in [1.807, 2.05) is 42.5 Å². The zero-order valence-electron chi connectivity index (χ0n) is 14.2. The number of carboxylic acids is 1. The predicted octanol–water partition coefficient (Wildman–Crippen LogP) is 3.32. The number of carbonyl (C=O) groups is 2. The molecule has 1 aliphatic rings. The minimum atomic E-state index is -1.20. The van der Waals surface area contributed by atoms with Crippen molar-refractivity contribution in [1.29, 1.82) is 0 Å². The highest BCUT2D eigenvalue weighted by Gasteiger charge is 2.22. The van der Waals surface area contributed by atoms with E-state index in [-0.39, 0.29) is 17.9 Å².